The molecule has 2 rings (SSSR count). The van der Waals surface area contributed by atoms with Crippen LogP contribution in [0, 0.1) is 10.1 Å². The molecule has 1 aromatic rings. The Morgan fingerprint density at radius 1 is 1.43 bits per heavy atom. The molecule has 1 saturated heterocycles. The van der Waals surface area contributed by atoms with Gasteiger partial charge in [0, 0.05) is 12.1 Å². The zero-order valence-corrected chi connectivity index (χ0v) is 7.42. The minimum atomic E-state index is -0.405. The van der Waals surface area contributed by atoms with E-state index in [2.05, 4.69) is 0 Å². The Hall–Kier alpha value is -1.68. The van der Waals surface area contributed by atoms with Gasteiger partial charge in [-0.2, -0.15) is 0 Å². The summed E-state index contributed by atoms with van der Waals surface area (Å²) in [5.74, 6) is 0. The van der Waals surface area contributed by atoms with Gasteiger partial charge in [0.05, 0.1) is 17.6 Å². The second kappa shape index (κ2) is 3.59. The molecule has 1 fully saturated rings. The highest BCUT2D eigenvalue weighted by Crippen LogP contribution is 2.15. The van der Waals surface area contributed by atoms with Crippen LogP contribution < -0.4 is 0 Å². The third kappa shape index (κ3) is 2.17. The molecule has 0 N–H and O–H groups in total. The van der Waals surface area contributed by atoms with Gasteiger partial charge in [0.25, 0.3) is 5.69 Å². The molecule has 0 spiro atoms. The Morgan fingerprint density at radius 3 is 2.57 bits per heavy atom. The van der Waals surface area contributed by atoms with Crippen LogP contribution in [0.3, 0.4) is 0 Å². The van der Waals surface area contributed by atoms with E-state index in [4.69, 9.17) is 4.74 Å². The zero-order valence-electron chi connectivity index (χ0n) is 7.42. The molecule has 0 saturated carbocycles. The molecule has 1 aliphatic heterocycles. The van der Waals surface area contributed by atoms with E-state index in [9.17, 15) is 10.1 Å². The van der Waals surface area contributed by atoms with Crippen molar-refractivity contribution in [3.63, 3.8) is 0 Å². The second-order valence-electron chi connectivity index (χ2n) is 3.08. The molecule has 1 heterocycles. The topological polar surface area (TPSA) is 55.7 Å². The van der Waals surface area contributed by atoms with Gasteiger partial charge in [0.2, 0.25) is 0 Å². The van der Waals surface area contributed by atoms with Gasteiger partial charge in [-0.1, -0.05) is 12.2 Å². The van der Waals surface area contributed by atoms with Crippen molar-refractivity contribution in [3.05, 3.63) is 46.0 Å². The summed E-state index contributed by atoms with van der Waals surface area (Å²) in [5, 5.41) is 10.4. The fourth-order valence-corrected chi connectivity index (χ4v) is 1.09. The van der Waals surface area contributed by atoms with Crippen LogP contribution >= 0.6 is 0 Å². The lowest BCUT2D eigenvalue weighted by Crippen LogP contribution is -1.86. The van der Waals surface area contributed by atoms with Crippen LogP contribution in [0.2, 0.25) is 0 Å². The number of epoxide rings is 1. The molecule has 1 aromatic carbocycles. The molecule has 4 heteroatoms. The molecular weight excluding hydrogens is 182 g/mol. The van der Waals surface area contributed by atoms with Gasteiger partial charge in [-0.15, -0.1) is 0 Å². The predicted molar refractivity (Wildman–Crippen MR) is 51.9 cm³/mol. The Labute approximate surface area is 81.0 Å². The van der Waals surface area contributed by atoms with Crippen LogP contribution in [0.25, 0.3) is 6.08 Å². The van der Waals surface area contributed by atoms with Gasteiger partial charge in [-0.05, 0) is 17.7 Å². The number of rotatable bonds is 3. The van der Waals surface area contributed by atoms with E-state index < -0.39 is 4.92 Å². The smallest absolute Gasteiger partial charge is 0.269 e. The Bertz CT molecular complexity index is 365. The average Bonchev–Trinajstić information content (AvgIpc) is 2.99. The maximum absolute atomic E-state index is 10.4. The third-order valence-corrected chi connectivity index (χ3v) is 1.97. The summed E-state index contributed by atoms with van der Waals surface area (Å²) in [7, 11) is 0. The van der Waals surface area contributed by atoms with Crippen LogP contribution in [0.4, 0.5) is 5.69 Å². The summed E-state index contributed by atoms with van der Waals surface area (Å²) in [6, 6.07) is 6.43. The first kappa shape index (κ1) is 8.90. The number of hydrogen-bond acceptors (Lipinski definition) is 3. The summed E-state index contributed by atoms with van der Waals surface area (Å²) in [6.07, 6.45) is 4.09. The number of nitro groups is 1. The standard InChI is InChI=1S/C10H9NO3/c12-11(13)9-4-1-8(2-5-9)3-6-10-7-14-10/h1-6,10H,7H2/b6-3+. The lowest BCUT2D eigenvalue weighted by atomic mass is 10.2. The zero-order chi connectivity index (χ0) is 9.97. The maximum atomic E-state index is 10.4. The number of hydrogen-bond donors (Lipinski definition) is 0. The number of ether oxygens (including phenoxy) is 1. The molecule has 72 valence electrons. The first-order chi connectivity index (χ1) is 6.75. The van der Waals surface area contributed by atoms with Crippen LogP contribution in [0.5, 0.6) is 0 Å². The van der Waals surface area contributed by atoms with E-state index in [1.54, 1.807) is 12.1 Å². The third-order valence-electron chi connectivity index (χ3n) is 1.97. The lowest BCUT2D eigenvalue weighted by Gasteiger charge is -1.92. The SMILES string of the molecule is O=[N+]([O-])c1ccc(/C=C/C2CO2)cc1. The number of benzene rings is 1. The molecule has 4 nitrogen and oxygen atoms in total. The number of nitrogens with zero attached hydrogens (tertiary/aromatic N) is 1. The van der Waals surface area contributed by atoms with Crippen molar-refractivity contribution >= 4 is 11.8 Å². The normalized spacial score (nSPS) is 19.9. The van der Waals surface area contributed by atoms with Gasteiger partial charge in [-0.3, -0.25) is 10.1 Å². The molecule has 1 aliphatic rings. The minimum Gasteiger partial charge on any atom is -0.369 e. The molecule has 14 heavy (non-hydrogen) atoms. The molecule has 0 aromatic heterocycles. The summed E-state index contributed by atoms with van der Waals surface area (Å²) in [4.78, 5) is 9.95. The van der Waals surface area contributed by atoms with Gasteiger partial charge in [0.15, 0.2) is 0 Å². The van der Waals surface area contributed by atoms with Crippen molar-refractivity contribution in [1.82, 2.24) is 0 Å². The highest BCUT2D eigenvalue weighted by atomic mass is 16.6. The summed E-state index contributed by atoms with van der Waals surface area (Å²) in [5.41, 5.74) is 1.07. The van der Waals surface area contributed by atoms with E-state index in [0.29, 0.717) is 0 Å². The molecule has 1 unspecified atom stereocenters. The fourth-order valence-electron chi connectivity index (χ4n) is 1.09. The van der Waals surface area contributed by atoms with Crippen molar-refractivity contribution in [2.75, 3.05) is 6.61 Å². The fraction of sp³-hybridized carbons (Fsp3) is 0.200. The van der Waals surface area contributed by atoms with Crippen molar-refractivity contribution in [2.24, 2.45) is 0 Å². The molecule has 0 bridgehead atoms. The van der Waals surface area contributed by atoms with E-state index >= 15 is 0 Å². The van der Waals surface area contributed by atoms with Crippen molar-refractivity contribution in [1.29, 1.82) is 0 Å². The molecule has 0 amide bonds. The summed E-state index contributed by atoms with van der Waals surface area (Å²) < 4.78 is 5.00. The second-order valence-corrected chi connectivity index (χ2v) is 3.08. The summed E-state index contributed by atoms with van der Waals surface area (Å²) in [6.45, 7) is 0.781. The monoisotopic (exact) mass is 191 g/mol. The largest absolute Gasteiger partial charge is 0.369 e. The Kier molecular flexibility index (Phi) is 2.28. The van der Waals surface area contributed by atoms with E-state index in [1.165, 1.54) is 12.1 Å². The Morgan fingerprint density at radius 2 is 2.07 bits per heavy atom. The molecule has 1 atom stereocenters. The van der Waals surface area contributed by atoms with E-state index in [-0.39, 0.29) is 11.8 Å². The van der Waals surface area contributed by atoms with Crippen molar-refractivity contribution < 1.29 is 9.66 Å². The van der Waals surface area contributed by atoms with Crippen molar-refractivity contribution in [3.8, 4) is 0 Å². The van der Waals surface area contributed by atoms with Gasteiger partial charge in [0.1, 0.15) is 0 Å². The van der Waals surface area contributed by atoms with Crippen LogP contribution in [0.15, 0.2) is 30.3 Å². The predicted octanol–water partition coefficient (Wildman–Crippen LogP) is 2.01. The first-order valence-electron chi connectivity index (χ1n) is 4.30. The number of non-ortho nitro benzene ring substituents is 1. The molecular formula is C10H9NO3. The lowest BCUT2D eigenvalue weighted by molar-refractivity contribution is -0.384. The number of nitro benzene ring substituents is 1. The van der Waals surface area contributed by atoms with Gasteiger partial charge < -0.3 is 4.74 Å². The van der Waals surface area contributed by atoms with Gasteiger partial charge in [-0.25, -0.2) is 0 Å². The first-order valence-corrected chi connectivity index (χ1v) is 4.30. The van der Waals surface area contributed by atoms with Gasteiger partial charge >= 0.3 is 0 Å². The maximum Gasteiger partial charge on any atom is 0.269 e. The van der Waals surface area contributed by atoms with E-state index in [0.717, 1.165) is 12.2 Å². The molecule has 0 aliphatic carbocycles. The van der Waals surface area contributed by atoms with Crippen LogP contribution in [-0.4, -0.2) is 17.6 Å². The van der Waals surface area contributed by atoms with Crippen molar-refractivity contribution in [2.45, 2.75) is 6.10 Å². The summed E-state index contributed by atoms with van der Waals surface area (Å²) >= 11 is 0. The Balaban J connectivity index is 2.08. The highest BCUT2D eigenvalue weighted by molar-refractivity contribution is 5.52. The van der Waals surface area contributed by atoms with Crippen LogP contribution in [-0.2, 0) is 4.74 Å². The molecule has 0 radical (unpaired) electrons. The average molecular weight is 191 g/mol. The van der Waals surface area contributed by atoms with E-state index in [1.807, 2.05) is 12.2 Å². The quantitative estimate of drug-likeness (QED) is 0.417. The van der Waals surface area contributed by atoms with Crippen LogP contribution in [0.1, 0.15) is 5.56 Å². The highest BCUT2D eigenvalue weighted by Gasteiger charge is 2.17. The minimum absolute atomic E-state index is 0.116.